The van der Waals surface area contributed by atoms with Gasteiger partial charge in [0.1, 0.15) is 7.28 Å². The number of carbonyl (C=O) groups excluding carboxylic acids is 2. The summed E-state index contributed by atoms with van der Waals surface area (Å²) in [7, 11) is 0.462. The van der Waals surface area contributed by atoms with Crippen LogP contribution in [0.4, 0.5) is 0 Å². The summed E-state index contributed by atoms with van der Waals surface area (Å²) in [6, 6.07) is 5.98. The van der Waals surface area contributed by atoms with Crippen molar-refractivity contribution in [3.05, 3.63) is 34.9 Å². The molecular weight excluding hydrogens is 299 g/mol. The number of rotatable bonds is 5. The molecule has 0 spiro atoms. The summed E-state index contributed by atoms with van der Waals surface area (Å²) < 4.78 is 5.06. The van der Waals surface area contributed by atoms with Crippen LogP contribution >= 0.6 is 0 Å². The van der Waals surface area contributed by atoms with Gasteiger partial charge in [0.25, 0.3) is 0 Å². The highest BCUT2D eigenvalue weighted by molar-refractivity contribution is 6.51. The lowest BCUT2D eigenvalue weighted by Gasteiger charge is -2.42. The van der Waals surface area contributed by atoms with E-state index in [9.17, 15) is 9.59 Å². The van der Waals surface area contributed by atoms with Gasteiger partial charge in [-0.05, 0) is 47.8 Å². The average molecular weight is 328 g/mol. The Kier molecular flexibility index (Phi) is 5.27. The molecule has 3 nitrogen and oxygen atoms in total. The summed E-state index contributed by atoms with van der Waals surface area (Å²) in [5.41, 5.74) is 3.35. The third kappa shape index (κ3) is 3.43. The van der Waals surface area contributed by atoms with E-state index < -0.39 is 11.8 Å². The van der Waals surface area contributed by atoms with Gasteiger partial charge in [0.05, 0.1) is 12.4 Å². The Labute approximate surface area is 146 Å². The first-order chi connectivity index (χ1) is 11.1. The SMILES string of the molecule is CBC(C(=O)OCC)C(=O)c1ccc2c(c1)C(C)(C)CCC2(C)C. The van der Waals surface area contributed by atoms with E-state index in [1.807, 2.05) is 19.0 Å². The van der Waals surface area contributed by atoms with E-state index in [1.165, 1.54) is 11.1 Å². The molecule has 1 atom stereocenters. The van der Waals surface area contributed by atoms with Crippen LogP contribution in [0.15, 0.2) is 18.2 Å². The van der Waals surface area contributed by atoms with Crippen molar-refractivity contribution in [2.24, 2.45) is 0 Å². The Morgan fingerprint density at radius 3 is 2.25 bits per heavy atom. The molecule has 0 N–H and O–H groups in total. The second kappa shape index (κ2) is 6.74. The van der Waals surface area contributed by atoms with Crippen LogP contribution in [0.2, 0.25) is 12.6 Å². The van der Waals surface area contributed by atoms with Gasteiger partial charge in [0, 0.05) is 5.56 Å². The maximum Gasteiger partial charge on any atom is 0.308 e. The second-order valence-corrected chi connectivity index (χ2v) is 8.11. The monoisotopic (exact) mass is 328 g/mol. The normalized spacial score (nSPS) is 19.1. The highest BCUT2D eigenvalue weighted by Crippen LogP contribution is 2.46. The van der Waals surface area contributed by atoms with Crippen molar-refractivity contribution >= 4 is 19.0 Å². The molecule has 0 bridgehead atoms. The lowest BCUT2D eigenvalue weighted by atomic mass is 9.61. The van der Waals surface area contributed by atoms with Crippen LogP contribution in [0.25, 0.3) is 0 Å². The fourth-order valence-electron chi connectivity index (χ4n) is 3.65. The largest absolute Gasteiger partial charge is 0.466 e. The molecule has 0 saturated carbocycles. The van der Waals surface area contributed by atoms with E-state index in [2.05, 4.69) is 33.8 Å². The molecule has 1 unspecified atom stereocenters. The van der Waals surface area contributed by atoms with Gasteiger partial charge in [-0.1, -0.05) is 46.7 Å². The zero-order chi connectivity index (χ0) is 18.1. The topological polar surface area (TPSA) is 43.4 Å². The predicted molar refractivity (Wildman–Crippen MR) is 99.5 cm³/mol. The Hall–Kier alpha value is -1.58. The molecule has 1 aromatic rings. The van der Waals surface area contributed by atoms with Crippen molar-refractivity contribution in [1.29, 1.82) is 0 Å². The quantitative estimate of drug-likeness (QED) is 0.354. The highest BCUT2D eigenvalue weighted by atomic mass is 16.5. The van der Waals surface area contributed by atoms with Gasteiger partial charge in [-0.2, -0.15) is 0 Å². The highest BCUT2D eigenvalue weighted by Gasteiger charge is 2.38. The van der Waals surface area contributed by atoms with Crippen LogP contribution in [-0.4, -0.2) is 25.6 Å². The Morgan fingerprint density at radius 1 is 1.12 bits per heavy atom. The zero-order valence-electron chi connectivity index (χ0n) is 15.9. The second-order valence-electron chi connectivity index (χ2n) is 8.11. The summed E-state index contributed by atoms with van der Waals surface area (Å²) in [5.74, 6) is -1.25. The van der Waals surface area contributed by atoms with Crippen LogP contribution in [0.5, 0.6) is 0 Å². The Bertz CT molecular complexity index is 646. The summed E-state index contributed by atoms with van der Waals surface area (Å²) in [6.07, 6.45) is 2.24. The van der Waals surface area contributed by atoms with Gasteiger partial charge in [-0.25, -0.2) is 0 Å². The molecule has 2 rings (SSSR count). The average Bonchev–Trinajstić information content (AvgIpc) is 2.52. The van der Waals surface area contributed by atoms with Crippen molar-refractivity contribution < 1.29 is 14.3 Å². The summed E-state index contributed by atoms with van der Waals surface area (Å²) in [4.78, 5) is 24.9. The minimum absolute atomic E-state index is 0.0484. The Morgan fingerprint density at radius 2 is 1.71 bits per heavy atom. The molecule has 130 valence electrons. The molecule has 0 radical (unpaired) electrons. The molecule has 24 heavy (non-hydrogen) atoms. The molecule has 1 aliphatic rings. The van der Waals surface area contributed by atoms with Crippen molar-refractivity contribution in [1.82, 2.24) is 0 Å². The van der Waals surface area contributed by atoms with Crippen molar-refractivity contribution in [3.8, 4) is 0 Å². The van der Waals surface area contributed by atoms with Gasteiger partial charge in [-0.15, -0.1) is 0 Å². The fourth-order valence-corrected chi connectivity index (χ4v) is 3.65. The van der Waals surface area contributed by atoms with E-state index in [0.29, 0.717) is 19.4 Å². The Balaban J connectivity index is 2.43. The summed E-state index contributed by atoms with van der Waals surface area (Å²) in [5, 5.41) is 0. The van der Waals surface area contributed by atoms with E-state index in [4.69, 9.17) is 4.74 Å². The molecule has 0 heterocycles. The number of fused-ring (bicyclic) bond motifs is 1. The predicted octanol–water partition coefficient (Wildman–Crippen LogP) is 4.05. The first-order valence-electron chi connectivity index (χ1n) is 9.00. The number of Topliss-reactive ketones (excluding diaryl/α,β-unsaturated/α-hetero) is 1. The van der Waals surface area contributed by atoms with Crippen LogP contribution in [0, 0.1) is 0 Å². The van der Waals surface area contributed by atoms with E-state index >= 15 is 0 Å². The number of ether oxygens (including phenoxy) is 1. The number of ketones is 1. The molecule has 0 saturated heterocycles. The number of esters is 1. The van der Waals surface area contributed by atoms with E-state index in [0.717, 1.165) is 12.8 Å². The third-order valence-corrected chi connectivity index (χ3v) is 5.43. The van der Waals surface area contributed by atoms with Gasteiger partial charge in [-0.3, -0.25) is 9.59 Å². The van der Waals surface area contributed by atoms with E-state index in [-0.39, 0.29) is 16.6 Å². The lowest BCUT2D eigenvalue weighted by molar-refractivity contribution is -0.141. The smallest absolute Gasteiger partial charge is 0.308 e. The molecule has 4 heteroatoms. The van der Waals surface area contributed by atoms with Crippen LogP contribution < -0.4 is 0 Å². The van der Waals surface area contributed by atoms with Crippen molar-refractivity contribution in [2.75, 3.05) is 6.61 Å². The summed E-state index contributed by atoms with van der Waals surface area (Å²) in [6.45, 7) is 12.9. The molecule has 0 fully saturated rings. The number of carbonyl (C=O) groups is 2. The van der Waals surface area contributed by atoms with Crippen molar-refractivity contribution in [2.45, 2.75) is 70.9 Å². The van der Waals surface area contributed by atoms with Gasteiger partial charge < -0.3 is 4.74 Å². The maximum atomic E-state index is 12.8. The summed E-state index contributed by atoms with van der Waals surface area (Å²) >= 11 is 0. The molecule has 1 aromatic carbocycles. The van der Waals surface area contributed by atoms with Crippen LogP contribution in [-0.2, 0) is 20.4 Å². The van der Waals surface area contributed by atoms with Gasteiger partial charge in [0.2, 0.25) is 0 Å². The van der Waals surface area contributed by atoms with Crippen LogP contribution in [0.3, 0.4) is 0 Å². The van der Waals surface area contributed by atoms with E-state index in [1.54, 1.807) is 6.92 Å². The van der Waals surface area contributed by atoms with Gasteiger partial charge in [0.15, 0.2) is 5.78 Å². The van der Waals surface area contributed by atoms with Crippen molar-refractivity contribution in [3.63, 3.8) is 0 Å². The molecule has 0 amide bonds. The molecule has 0 aliphatic heterocycles. The number of benzene rings is 1. The standard InChI is InChI=1S/C20H29BO3/c1-7-24-18(23)16(21-6)17(22)13-8-9-14-15(12-13)20(4,5)11-10-19(14,2)3/h8-9,12,16,21H,7,10-11H2,1-6H3. The molecular formula is C20H29BO3. The minimum atomic E-state index is -0.706. The molecule has 1 aliphatic carbocycles. The maximum absolute atomic E-state index is 12.8. The number of hydrogen-bond donors (Lipinski definition) is 0. The van der Waals surface area contributed by atoms with Gasteiger partial charge >= 0.3 is 5.97 Å². The lowest BCUT2D eigenvalue weighted by Crippen LogP contribution is -2.34. The number of hydrogen-bond acceptors (Lipinski definition) is 3. The molecule has 0 aromatic heterocycles. The minimum Gasteiger partial charge on any atom is -0.466 e. The third-order valence-electron chi connectivity index (χ3n) is 5.43. The first-order valence-corrected chi connectivity index (χ1v) is 9.00. The zero-order valence-corrected chi connectivity index (χ0v) is 15.9. The fraction of sp³-hybridized carbons (Fsp3) is 0.600. The van der Waals surface area contributed by atoms with Crippen LogP contribution in [0.1, 0.15) is 68.9 Å². The first kappa shape index (κ1) is 18.8.